The van der Waals surface area contributed by atoms with Crippen LogP contribution in [0.5, 0.6) is 0 Å². The molecule has 1 aliphatic rings. The number of nitrogens with one attached hydrogen (secondary N) is 2. The number of quaternary nitrogens is 1. The predicted octanol–water partition coefficient (Wildman–Crippen LogP) is 1.73. The summed E-state index contributed by atoms with van der Waals surface area (Å²) in [5.41, 5.74) is 3.31. The smallest absolute Gasteiger partial charge is 0.247 e. The van der Waals surface area contributed by atoms with Gasteiger partial charge in [0, 0.05) is 6.54 Å². The zero-order chi connectivity index (χ0) is 13.0. The second kappa shape index (κ2) is 6.44. The van der Waals surface area contributed by atoms with Gasteiger partial charge in [-0.15, -0.1) is 12.6 Å². The molecule has 0 fully saturated rings. The number of aromatic nitrogens is 3. The molecule has 2 rings (SSSR count). The van der Waals surface area contributed by atoms with Crippen molar-refractivity contribution in [2.24, 2.45) is 0 Å². The Morgan fingerprint density at radius 3 is 2.94 bits per heavy atom. The van der Waals surface area contributed by atoms with Gasteiger partial charge in [-0.25, -0.2) is 15.5 Å². The van der Waals surface area contributed by atoms with E-state index in [4.69, 9.17) is 0 Å². The van der Waals surface area contributed by atoms with Crippen molar-refractivity contribution in [1.29, 1.82) is 0 Å². The Balaban J connectivity index is 1.96. The molecule has 6 nitrogen and oxygen atoms in total. The van der Waals surface area contributed by atoms with Crippen LogP contribution in [0.3, 0.4) is 0 Å². The lowest BCUT2D eigenvalue weighted by atomic mass is 10.7. The molecule has 0 spiro atoms. The van der Waals surface area contributed by atoms with Crippen LogP contribution >= 0.6 is 48.5 Å². The number of nitrogens with zero attached hydrogens (tertiary/aromatic N) is 4. The number of hydrogen-bond acceptors (Lipinski definition) is 8. The average molecular weight is 324 g/mol. The molecule has 1 unspecified atom stereocenters. The van der Waals surface area contributed by atoms with Crippen molar-refractivity contribution in [3.05, 3.63) is 16.8 Å². The van der Waals surface area contributed by atoms with Crippen LogP contribution < -0.4 is 5.43 Å². The van der Waals surface area contributed by atoms with E-state index in [2.05, 4.69) is 52.2 Å². The Bertz CT molecular complexity index is 408. The van der Waals surface area contributed by atoms with Gasteiger partial charge >= 0.3 is 0 Å². The fourth-order valence-corrected chi connectivity index (χ4v) is 5.61. The fraction of sp³-hybridized carbons (Fsp3) is 0.500. The third-order valence-electron chi connectivity index (χ3n) is 1.96. The van der Waals surface area contributed by atoms with E-state index in [0.717, 1.165) is 21.7 Å². The van der Waals surface area contributed by atoms with Crippen molar-refractivity contribution < 1.29 is 2.81 Å². The van der Waals surface area contributed by atoms with Gasteiger partial charge in [-0.05, 0) is 16.9 Å². The molecule has 0 radical (unpaired) electrons. The van der Waals surface area contributed by atoms with Gasteiger partial charge in [0.1, 0.15) is 22.5 Å². The highest BCUT2D eigenvalue weighted by Crippen LogP contribution is 2.50. The second-order valence-electron chi connectivity index (χ2n) is 3.72. The van der Waals surface area contributed by atoms with Crippen LogP contribution in [-0.4, -0.2) is 49.3 Å². The number of thiol groups is 1. The van der Waals surface area contributed by atoms with Crippen LogP contribution in [0.2, 0.25) is 0 Å². The molecule has 1 atom stereocenters. The van der Waals surface area contributed by atoms with Crippen molar-refractivity contribution in [1.82, 2.24) is 25.5 Å². The molecular formula is C8H15N6S4+. The Labute approximate surface area is 125 Å². The minimum Gasteiger partial charge on any atom is -0.308 e. The first-order valence-corrected chi connectivity index (χ1v) is 8.13. The Morgan fingerprint density at radius 2 is 2.39 bits per heavy atom. The monoisotopic (exact) mass is 323 g/mol. The topological polar surface area (TPSA) is 56.8 Å². The Morgan fingerprint density at radius 1 is 1.56 bits per heavy atom. The lowest BCUT2D eigenvalue weighted by Crippen LogP contribution is -2.34. The first kappa shape index (κ1) is 14.4. The molecule has 1 aliphatic heterocycles. The highest BCUT2D eigenvalue weighted by Gasteiger charge is 2.41. The zero-order valence-corrected chi connectivity index (χ0v) is 13.4. The van der Waals surface area contributed by atoms with E-state index in [1.54, 1.807) is 35.8 Å². The third-order valence-corrected chi connectivity index (χ3v) is 6.04. The highest BCUT2D eigenvalue weighted by molar-refractivity contribution is 8.23. The van der Waals surface area contributed by atoms with Crippen LogP contribution in [0.4, 0.5) is 0 Å². The van der Waals surface area contributed by atoms with Gasteiger partial charge in [0.2, 0.25) is 17.1 Å². The summed E-state index contributed by atoms with van der Waals surface area (Å²) in [6, 6.07) is 0. The van der Waals surface area contributed by atoms with Gasteiger partial charge in [-0.3, -0.25) is 0 Å². The van der Waals surface area contributed by atoms with Crippen LogP contribution in [0.25, 0.3) is 0 Å². The predicted molar refractivity (Wildman–Crippen MR) is 81.3 cm³/mol. The van der Waals surface area contributed by atoms with Crippen molar-refractivity contribution in [3.63, 3.8) is 0 Å². The summed E-state index contributed by atoms with van der Waals surface area (Å²) < 4.78 is 1.47. The van der Waals surface area contributed by atoms with Gasteiger partial charge in [0.05, 0.1) is 12.0 Å². The van der Waals surface area contributed by atoms with Gasteiger partial charge < -0.3 is 4.90 Å². The molecule has 100 valence electrons. The molecule has 0 aromatic carbocycles. The van der Waals surface area contributed by atoms with Gasteiger partial charge in [0.15, 0.2) is 11.9 Å². The first-order valence-electron chi connectivity index (χ1n) is 5.19. The van der Waals surface area contributed by atoms with E-state index in [1.807, 2.05) is 6.20 Å². The van der Waals surface area contributed by atoms with Crippen molar-refractivity contribution in [3.8, 4) is 0 Å². The number of rotatable bonds is 6. The molecule has 2 N–H and O–H groups in total. The summed E-state index contributed by atoms with van der Waals surface area (Å²) in [6.07, 6.45) is 3.42. The van der Waals surface area contributed by atoms with E-state index >= 15 is 0 Å². The lowest BCUT2D eigenvalue weighted by Gasteiger charge is -2.23. The Hall–Kier alpha value is -0.000000000000000111. The molecule has 0 saturated carbocycles. The summed E-state index contributed by atoms with van der Waals surface area (Å²) in [5, 5.41) is 7.51. The molecule has 10 heteroatoms. The summed E-state index contributed by atoms with van der Waals surface area (Å²) in [5.74, 6) is 1.00. The summed E-state index contributed by atoms with van der Waals surface area (Å²) in [6.45, 7) is 1.02. The minimum absolute atomic E-state index is 0.516. The van der Waals surface area contributed by atoms with E-state index < -0.39 is 0 Å². The number of aromatic amines is 1. The second-order valence-corrected chi connectivity index (χ2v) is 8.70. The third kappa shape index (κ3) is 4.00. The van der Waals surface area contributed by atoms with Crippen LogP contribution in [-0.2, 0) is 0 Å². The lowest BCUT2D eigenvalue weighted by molar-refractivity contribution is -0.528. The van der Waals surface area contributed by atoms with Crippen molar-refractivity contribution in [2.75, 3.05) is 26.4 Å². The van der Waals surface area contributed by atoms with Crippen molar-refractivity contribution >= 4 is 48.5 Å². The van der Waals surface area contributed by atoms with Gasteiger partial charge in [0.25, 0.3) is 0 Å². The summed E-state index contributed by atoms with van der Waals surface area (Å²) in [7, 11) is 4.14. The molecule has 2 heterocycles. The van der Waals surface area contributed by atoms with Crippen LogP contribution in [0.15, 0.2) is 21.9 Å². The number of hydrogen-bond donors (Lipinski definition) is 3. The van der Waals surface area contributed by atoms with Gasteiger partial charge in [-0.1, -0.05) is 0 Å². The average Bonchev–Trinajstić information content (AvgIpc) is 2.89. The number of H-pyrrole nitrogens is 1. The summed E-state index contributed by atoms with van der Waals surface area (Å²) >= 11 is 9.36. The van der Waals surface area contributed by atoms with Crippen LogP contribution in [0, 0.1) is 0 Å². The van der Waals surface area contributed by atoms with Crippen LogP contribution in [0.1, 0.15) is 0 Å². The minimum atomic E-state index is 0.516. The highest BCUT2D eigenvalue weighted by atomic mass is 32.3. The standard InChI is InChI=1S/C8H14N6S4/c1-13(2)3-4-16-14(11-5-7(15)17-14)18-8-9-6-10-12-8/h5-6,11H,3-4H2,1-2H3,(H-,9,10,12,15)/p+1. The molecular weight excluding hydrogens is 308 g/mol. The fourth-order valence-electron chi connectivity index (χ4n) is 1.14. The molecule has 0 saturated heterocycles. The maximum Gasteiger partial charge on any atom is 0.247 e. The molecule has 1 aromatic rings. The molecule has 0 bridgehead atoms. The van der Waals surface area contributed by atoms with E-state index in [-0.39, 0.29) is 0 Å². The quantitative estimate of drug-likeness (QED) is 0.419. The van der Waals surface area contributed by atoms with E-state index in [1.165, 1.54) is 6.33 Å². The SMILES string of the molecule is CN(C)CCS[N+]1(Sc2ncn[nH]2)NC=C(S)S1. The Kier molecular flexibility index (Phi) is 5.15. The first-order chi connectivity index (χ1) is 8.60. The van der Waals surface area contributed by atoms with Crippen molar-refractivity contribution in [2.45, 2.75) is 5.16 Å². The molecule has 1 aromatic heterocycles. The maximum absolute atomic E-state index is 4.38. The van der Waals surface area contributed by atoms with E-state index in [0.29, 0.717) is 2.81 Å². The normalized spacial score (nSPS) is 23.2. The molecule has 0 amide bonds. The largest absolute Gasteiger partial charge is 0.308 e. The molecule has 18 heavy (non-hydrogen) atoms. The van der Waals surface area contributed by atoms with Gasteiger partial charge in [-0.2, -0.15) is 5.10 Å². The molecule has 0 aliphatic carbocycles. The zero-order valence-electron chi connectivity index (χ0n) is 10.0. The van der Waals surface area contributed by atoms with E-state index in [9.17, 15) is 0 Å². The maximum atomic E-state index is 4.38. The summed E-state index contributed by atoms with van der Waals surface area (Å²) in [4.78, 5) is 6.31.